The highest BCUT2D eigenvalue weighted by Crippen LogP contribution is 2.26. The third-order valence-corrected chi connectivity index (χ3v) is 5.45. The molecule has 21 heavy (non-hydrogen) atoms. The van der Waals surface area contributed by atoms with Gasteiger partial charge in [0.05, 0.1) is 30.1 Å². The quantitative estimate of drug-likeness (QED) is 0.873. The number of sulfonamides is 1. The zero-order valence-electron chi connectivity index (χ0n) is 11.4. The van der Waals surface area contributed by atoms with Crippen LogP contribution in [0.25, 0.3) is 0 Å². The Morgan fingerprint density at radius 2 is 2.19 bits per heavy atom. The van der Waals surface area contributed by atoms with E-state index < -0.39 is 33.8 Å². The molecule has 2 rings (SSSR count). The zero-order chi connectivity index (χ0) is 15.6. The molecule has 8 heteroatoms. The number of likely N-dealkylation sites (N-methyl/N-ethyl adjacent to an activating group) is 1. The van der Waals surface area contributed by atoms with E-state index in [1.807, 2.05) is 0 Å². The number of nitrogens with zero attached hydrogens (tertiary/aromatic N) is 1. The second-order valence-electron chi connectivity index (χ2n) is 4.72. The molecular weight excluding hydrogens is 301 g/mol. The third-order valence-electron chi connectivity index (χ3n) is 3.45. The summed E-state index contributed by atoms with van der Waals surface area (Å²) in [5.41, 5.74) is 0. The summed E-state index contributed by atoms with van der Waals surface area (Å²) >= 11 is 0. The van der Waals surface area contributed by atoms with Gasteiger partial charge in [0.1, 0.15) is 5.82 Å². The molecule has 0 bridgehead atoms. The van der Waals surface area contributed by atoms with Crippen LogP contribution in [0.5, 0.6) is 0 Å². The van der Waals surface area contributed by atoms with Gasteiger partial charge in [0.25, 0.3) is 0 Å². The maximum absolute atomic E-state index is 13.2. The van der Waals surface area contributed by atoms with Crippen molar-refractivity contribution in [3.05, 3.63) is 30.1 Å². The summed E-state index contributed by atoms with van der Waals surface area (Å²) in [6.45, 7) is 1.67. The molecule has 0 aromatic heterocycles. The highest BCUT2D eigenvalue weighted by Gasteiger charge is 2.42. The van der Waals surface area contributed by atoms with Crippen molar-refractivity contribution in [1.82, 2.24) is 4.31 Å². The Hall–Kier alpha value is -1.51. The average Bonchev–Trinajstić information content (AvgIpc) is 2.88. The van der Waals surface area contributed by atoms with Gasteiger partial charge < -0.3 is 9.84 Å². The molecule has 1 aliphatic rings. The van der Waals surface area contributed by atoms with E-state index in [-0.39, 0.29) is 24.7 Å². The Balaban J connectivity index is 2.38. The molecule has 1 fully saturated rings. The molecule has 1 aliphatic heterocycles. The van der Waals surface area contributed by atoms with Gasteiger partial charge >= 0.3 is 5.97 Å². The van der Waals surface area contributed by atoms with E-state index in [2.05, 4.69) is 0 Å². The standard InChI is InChI=1S/C13H16FNO5S/c1-2-15(12-8-20-7-11(12)13(16)17)21(18,19)10-5-3-4-9(14)6-10/h3-6,11-12H,2,7-8H2,1H3,(H,16,17). The van der Waals surface area contributed by atoms with E-state index in [1.165, 1.54) is 12.1 Å². The summed E-state index contributed by atoms with van der Waals surface area (Å²) in [4.78, 5) is 11.0. The lowest BCUT2D eigenvalue weighted by Crippen LogP contribution is -2.46. The van der Waals surface area contributed by atoms with Crippen molar-refractivity contribution in [3.8, 4) is 0 Å². The van der Waals surface area contributed by atoms with Gasteiger partial charge in [-0.3, -0.25) is 4.79 Å². The molecule has 1 saturated heterocycles. The topological polar surface area (TPSA) is 83.9 Å². The van der Waals surface area contributed by atoms with Crippen LogP contribution in [0.1, 0.15) is 6.92 Å². The summed E-state index contributed by atoms with van der Waals surface area (Å²) in [5.74, 6) is -2.69. The van der Waals surface area contributed by atoms with Gasteiger partial charge in [-0.15, -0.1) is 0 Å². The molecule has 0 aliphatic carbocycles. The first-order valence-electron chi connectivity index (χ1n) is 6.46. The SMILES string of the molecule is CCN(C1COCC1C(=O)O)S(=O)(=O)c1cccc(F)c1. The van der Waals surface area contributed by atoms with Crippen LogP contribution in [-0.2, 0) is 19.6 Å². The molecule has 0 spiro atoms. The monoisotopic (exact) mass is 317 g/mol. The number of ether oxygens (including phenoxy) is 1. The lowest BCUT2D eigenvalue weighted by molar-refractivity contribution is -0.142. The third kappa shape index (κ3) is 3.07. The molecule has 116 valence electrons. The van der Waals surface area contributed by atoms with Crippen LogP contribution in [0, 0.1) is 11.7 Å². The number of carboxylic acids is 1. The molecule has 1 aromatic rings. The van der Waals surface area contributed by atoms with Gasteiger partial charge in [0, 0.05) is 6.54 Å². The van der Waals surface area contributed by atoms with E-state index >= 15 is 0 Å². The summed E-state index contributed by atoms with van der Waals surface area (Å²) in [7, 11) is -3.97. The van der Waals surface area contributed by atoms with Crippen LogP contribution in [0.15, 0.2) is 29.2 Å². The van der Waals surface area contributed by atoms with Crippen molar-refractivity contribution in [2.75, 3.05) is 19.8 Å². The predicted octanol–water partition coefficient (Wildman–Crippen LogP) is 0.936. The van der Waals surface area contributed by atoms with Crippen LogP contribution in [-0.4, -0.2) is 49.6 Å². The molecular formula is C13H16FNO5S. The highest BCUT2D eigenvalue weighted by atomic mass is 32.2. The minimum Gasteiger partial charge on any atom is -0.481 e. The first-order chi connectivity index (χ1) is 9.87. The fraction of sp³-hybridized carbons (Fsp3) is 0.462. The van der Waals surface area contributed by atoms with Crippen LogP contribution < -0.4 is 0 Å². The fourth-order valence-corrected chi connectivity index (χ4v) is 4.10. The van der Waals surface area contributed by atoms with E-state index in [0.29, 0.717) is 0 Å². The Labute approximate surface area is 122 Å². The molecule has 0 saturated carbocycles. The van der Waals surface area contributed by atoms with Crippen LogP contribution in [0.4, 0.5) is 4.39 Å². The molecule has 1 aromatic carbocycles. The summed E-state index contributed by atoms with van der Waals surface area (Å²) in [6.07, 6.45) is 0. The molecule has 1 N–H and O–H groups in total. The van der Waals surface area contributed by atoms with Crippen molar-refractivity contribution < 1.29 is 27.4 Å². The Kier molecular flexibility index (Phi) is 4.60. The number of carboxylic acid groups (broad SMARTS) is 1. The fourth-order valence-electron chi connectivity index (χ4n) is 2.41. The Morgan fingerprint density at radius 1 is 1.48 bits per heavy atom. The van der Waals surface area contributed by atoms with Gasteiger partial charge in [-0.1, -0.05) is 13.0 Å². The minimum atomic E-state index is -3.97. The van der Waals surface area contributed by atoms with Gasteiger partial charge in [-0.2, -0.15) is 4.31 Å². The smallest absolute Gasteiger partial charge is 0.310 e. The number of aliphatic carboxylic acids is 1. The second kappa shape index (κ2) is 6.08. The Morgan fingerprint density at radius 3 is 2.76 bits per heavy atom. The van der Waals surface area contributed by atoms with Crippen LogP contribution in [0.3, 0.4) is 0 Å². The highest BCUT2D eigenvalue weighted by molar-refractivity contribution is 7.89. The first-order valence-corrected chi connectivity index (χ1v) is 7.90. The molecule has 1 heterocycles. The van der Waals surface area contributed by atoms with Crippen molar-refractivity contribution >= 4 is 16.0 Å². The number of hydrogen-bond acceptors (Lipinski definition) is 4. The lowest BCUT2D eigenvalue weighted by Gasteiger charge is -2.28. The van der Waals surface area contributed by atoms with Crippen LogP contribution >= 0.6 is 0 Å². The van der Waals surface area contributed by atoms with E-state index in [1.54, 1.807) is 6.92 Å². The van der Waals surface area contributed by atoms with Gasteiger partial charge in [0.2, 0.25) is 10.0 Å². The summed E-state index contributed by atoms with van der Waals surface area (Å²) in [5, 5.41) is 9.15. The number of benzene rings is 1. The molecule has 0 amide bonds. The lowest BCUT2D eigenvalue weighted by atomic mass is 10.0. The average molecular weight is 317 g/mol. The van der Waals surface area contributed by atoms with Gasteiger partial charge in [0.15, 0.2) is 0 Å². The van der Waals surface area contributed by atoms with Crippen molar-refractivity contribution in [1.29, 1.82) is 0 Å². The number of carbonyl (C=O) groups is 1. The van der Waals surface area contributed by atoms with Crippen molar-refractivity contribution in [2.24, 2.45) is 5.92 Å². The number of hydrogen-bond donors (Lipinski definition) is 1. The van der Waals surface area contributed by atoms with Gasteiger partial charge in [-0.05, 0) is 18.2 Å². The van der Waals surface area contributed by atoms with E-state index in [4.69, 9.17) is 9.84 Å². The minimum absolute atomic E-state index is 0.0132. The second-order valence-corrected chi connectivity index (χ2v) is 6.61. The largest absolute Gasteiger partial charge is 0.481 e. The van der Waals surface area contributed by atoms with Crippen LogP contribution in [0.2, 0.25) is 0 Å². The zero-order valence-corrected chi connectivity index (χ0v) is 12.2. The van der Waals surface area contributed by atoms with Crippen molar-refractivity contribution in [3.63, 3.8) is 0 Å². The summed E-state index contributed by atoms with van der Waals surface area (Å²) < 4.78 is 44.6. The maximum Gasteiger partial charge on any atom is 0.310 e. The van der Waals surface area contributed by atoms with E-state index in [0.717, 1.165) is 16.4 Å². The first kappa shape index (κ1) is 15.9. The molecule has 2 atom stereocenters. The van der Waals surface area contributed by atoms with E-state index in [9.17, 15) is 17.6 Å². The van der Waals surface area contributed by atoms with Gasteiger partial charge in [-0.25, -0.2) is 12.8 Å². The molecule has 6 nitrogen and oxygen atoms in total. The van der Waals surface area contributed by atoms with Crippen molar-refractivity contribution in [2.45, 2.75) is 17.9 Å². The Bertz CT molecular complexity index is 633. The normalized spacial score (nSPS) is 22.6. The predicted molar refractivity (Wildman–Crippen MR) is 71.7 cm³/mol. The number of halogens is 1. The molecule has 2 unspecified atom stereocenters. The summed E-state index contributed by atoms with van der Waals surface area (Å²) in [6, 6.07) is 3.86. The number of rotatable bonds is 5. The molecule has 0 radical (unpaired) electrons. The maximum atomic E-state index is 13.2.